The molecule has 1 N–H and O–H groups in total. The number of para-hydroxylation sites is 1. The Bertz CT molecular complexity index is 1050. The fourth-order valence-corrected chi connectivity index (χ4v) is 5.81. The fraction of sp³-hybridized carbons (Fsp3) is 0.571. The lowest BCUT2D eigenvalue weighted by Crippen LogP contribution is -2.18. The van der Waals surface area contributed by atoms with Gasteiger partial charge in [-0.1, -0.05) is 123 Å². The number of nitrogens with one attached hydrogen (secondary N) is 1. The van der Waals surface area contributed by atoms with Gasteiger partial charge in [-0.05, 0) is 41.0 Å². The van der Waals surface area contributed by atoms with Crippen LogP contribution >= 0.6 is 28.7 Å². The average Bonchev–Trinajstić information content (AvgIpc) is 3.44. The van der Waals surface area contributed by atoms with Gasteiger partial charge in [0.2, 0.25) is 0 Å². The molecule has 4 nitrogen and oxygen atoms in total. The molecule has 1 amide bonds. The highest BCUT2D eigenvalue weighted by molar-refractivity contribution is 8.93. The van der Waals surface area contributed by atoms with E-state index in [4.69, 9.17) is 4.74 Å². The van der Waals surface area contributed by atoms with Crippen LogP contribution in [0.1, 0.15) is 126 Å². The number of nitrogens with zero attached hydrogens (tertiary/aromatic N) is 1. The van der Waals surface area contributed by atoms with E-state index in [0.29, 0.717) is 12.2 Å². The summed E-state index contributed by atoms with van der Waals surface area (Å²) in [7, 11) is 0. The van der Waals surface area contributed by atoms with Gasteiger partial charge in [0.1, 0.15) is 5.75 Å². The molecule has 41 heavy (non-hydrogen) atoms. The van der Waals surface area contributed by atoms with Crippen LogP contribution in [0.15, 0.2) is 54.1 Å². The second-order valence-corrected chi connectivity index (χ2v) is 13.0. The van der Waals surface area contributed by atoms with Crippen molar-refractivity contribution in [2.75, 3.05) is 17.8 Å². The molecular formula is C35H53BrN2O2S. The predicted molar refractivity (Wildman–Crippen MR) is 184 cm³/mol. The zero-order valence-electron chi connectivity index (χ0n) is 25.9. The zero-order valence-corrected chi connectivity index (χ0v) is 28.4. The van der Waals surface area contributed by atoms with E-state index >= 15 is 0 Å². The lowest BCUT2D eigenvalue weighted by molar-refractivity contribution is 0.102. The van der Waals surface area contributed by atoms with E-state index in [0.717, 1.165) is 35.8 Å². The number of hydrogen-bond donors (Lipinski definition) is 1. The largest absolute Gasteiger partial charge is 0.491 e. The van der Waals surface area contributed by atoms with E-state index < -0.39 is 0 Å². The number of benzene rings is 2. The molecule has 3 rings (SSSR count). The van der Waals surface area contributed by atoms with Crippen LogP contribution in [0.2, 0.25) is 0 Å². The van der Waals surface area contributed by atoms with E-state index in [1.807, 2.05) is 36.4 Å². The Morgan fingerprint density at radius 3 is 2.05 bits per heavy atom. The Morgan fingerprint density at radius 1 is 0.878 bits per heavy atom. The molecule has 1 aliphatic heterocycles. The number of amides is 1. The maximum atomic E-state index is 13.2. The van der Waals surface area contributed by atoms with Gasteiger partial charge in [0.05, 0.1) is 18.2 Å². The highest BCUT2D eigenvalue weighted by Gasteiger charge is 2.22. The van der Waals surface area contributed by atoms with E-state index in [-0.39, 0.29) is 28.3 Å². The molecule has 0 fully saturated rings. The predicted octanol–water partition coefficient (Wildman–Crippen LogP) is 10.9. The zero-order chi connectivity index (χ0) is 28.6. The summed E-state index contributed by atoms with van der Waals surface area (Å²) in [6.07, 6.45) is 18.0. The number of ether oxygens (including phenoxy) is 1. The first kappa shape index (κ1) is 35.3. The molecule has 0 saturated carbocycles. The number of thioether (sulfide) groups is 1. The lowest BCUT2D eigenvalue weighted by Gasteiger charge is -2.25. The highest BCUT2D eigenvalue weighted by Crippen LogP contribution is 2.37. The van der Waals surface area contributed by atoms with Gasteiger partial charge < -0.3 is 15.0 Å². The maximum Gasteiger partial charge on any atom is 0.255 e. The van der Waals surface area contributed by atoms with Crippen LogP contribution in [0.5, 0.6) is 5.75 Å². The third kappa shape index (κ3) is 12.9. The van der Waals surface area contributed by atoms with Crippen LogP contribution in [0.4, 0.5) is 5.69 Å². The molecule has 0 spiro atoms. The standard InChI is InChI=1S/C35H52N2O2S.BrH/c1-5-6-7-8-9-10-11-12-13-14-15-16-25-39-33-31(35(2,3)4)18-17-19-32(33)36-34(38)30-22-20-29(21-23-30)27-37-24-26-40-28-37;/h17-24,26H,5-16,25,27-28H2,1-4H3,(H,36,38);1H. The molecule has 0 saturated heterocycles. The van der Waals surface area contributed by atoms with Crippen molar-refractivity contribution >= 4 is 40.3 Å². The molecule has 0 bridgehead atoms. The van der Waals surface area contributed by atoms with Gasteiger partial charge in [0.25, 0.3) is 5.91 Å². The minimum Gasteiger partial charge on any atom is -0.491 e. The van der Waals surface area contributed by atoms with Gasteiger partial charge in [-0.15, -0.1) is 28.7 Å². The molecule has 228 valence electrons. The van der Waals surface area contributed by atoms with Crippen molar-refractivity contribution in [3.63, 3.8) is 0 Å². The van der Waals surface area contributed by atoms with Crippen molar-refractivity contribution in [3.8, 4) is 5.75 Å². The molecule has 0 radical (unpaired) electrons. The molecule has 0 atom stereocenters. The SMILES string of the molecule is Br.CCCCCCCCCCCCCCOc1c(NC(=O)c2ccc(CN3C=CSC3)cc2)cccc1C(C)(C)C. The van der Waals surface area contributed by atoms with Crippen molar-refractivity contribution < 1.29 is 9.53 Å². The lowest BCUT2D eigenvalue weighted by atomic mass is 9.86. The minimum atomic E-state index is -0.107. The van der Waals surface area contributed by atoms with Crippen molar-refractivity contribution in [2.24, 2.45) is 0 Å². The minimum absolute atomic E-state index is 0. The van der Waals surface area contributed by atoms with E-state index in [1.165, 1.54) is 76.2 Å². The number of carbonyl (C=O) groups excluding carboxylic acids is 1. The van der Waals surface area contributed by atoms with Crippen molar-refractivity contribution in [2.45, 2.75) is 117 Å². The molecule has 6 heteroatoms. The van der Waals surface area contributed by atoms with Crippen molar-refractivity contribution in [3.05, 3.63) is 70.8 Å². The summed E-state index contributed by atoms with van der Waals surface area (Å²) in [6.45, 7) is 10.4. The highest BCUT2D eigenvalue weighted by atomic mass is 79.9. The molecule has 0 aromatic heterocycles. The Labute approximate surface area is 264 Å². The number of carbonyl (C=O) groups is 1. The normalized spacial score (nSPS) is 12.8. The molecule has 2 aromatic carbocycles. The van der Waals surface area contributed by atoms with Gasteiger partial charge in [0.15, 0.2) is 0 Å². The second-order valence-electron chi connectivity index (χ2n) is 12.1. The molecular weight excluding hydrogens is 592 g/mol. The average molecular weight is 646 g/mol. The van der Waals surface area contributed by atoms with Crippen molar-refractivity contribution in [1.29, 1.82) is 0 Å². The fourth-order valence-electron chi connectivity index (χ4n) is 5.10. The topological polar surface area (TPSA) is 41.6 Å². The Kier molecular flexibility index (Phi) is 16.6. The molecule has 0 aliphatic carbocycles. The van der Waals surface area contributed by atoms with E-state index in [9.17, 15) is 4.79 Å². The summed E-state index contributed by atoms with van der Waals surface area (Å²) >= 11 is 1.80. The Morgan fingerprint density at radius 2 is 1.49 bits per heavy atom. The molecule has 1 aliphatic rings. The van der Waals surface area contributed by atoms with Crippen LogP contribution in [0.25, 0.3) is 0 Å². The maximum absolute atomic E-state index is 13.2. The summed E-state index contributed by atoms with van der Waals surface area (Å²) in [5.74, 6) is 1.68. The van der Waals surface area contributed by atoms with Gasteiger partial charge in [0, 0.05) is 23.9 Å². The van der Waals surface area contributed by atoms with Crippen LogP contribution < -0.4 is 10.1 Å². The molecule has 1 heterocycles. The summed E-state index contributed by atoms with van der Waals surface area (Å²) < 4.78 is 6.39. The second kappa shape index (κ2) is 19.3. The summed E-state index contributed by atoms with van der Waals surface area (Å²) in [5, 5.41) is 5.26. The number of unbranched alkanes of at least 4 members (excludes halogenated alkanes) is 11. The smallest absolute Gasteiger partial charge is 0.255 e. The summed E-state index contributed by atoms with van der Waals surface area (Å²) in [5.41, 5.74) is 3.64. The number of anilines is 1. The summed E-state index contributed by atoms with van der Waals surface area (Å²) in [4.78, 5) is 15.4. The van der Waals surface area contributed by atoms with Crippen LogP contribution in [-0.4, -0.2) is 23.3 Å². The summed E-state index contributed by atoms with van der Waals surface area (Å²) in [6, 6.07) is 14.0. The first-order valence-corrected chi connectivity index (χ1v) is 16.6. The molecule has 2 aromatic rings. The van der Waals surface area contributed by atoms with Crippen LogP contribution in [0.3, 0.4) is 0 Å². The van der Waals surface area contributed by atoms with E-state index in [2.05, 4.69) is 55.6 Å². The molecule has 0 unspecified atom stereocenters. The first-order chi connectivity index (χ1) is 19.4. The van der Waals surface area contributed by atoms with E-state index in [1.54, 1.807) is 11.8 Å². The Hall–Kier alpha value is -1.92. The number of hydrogen-bond acceptors (Lipinski definition) is 4. The quantitative estimate of drug-likeness (QED) is 0.164. The third-order valence-corrected chi connectivity index (χ3v) is 8.32. The van der Waals surface area contributed by atoms with Gasteiger partial charge in [-0.25, -0.2) is 0 Å². The van der Waals surface area contributed by atoms with Gasteiger partial charge in [-0.3, -0.25) is 4.79 Å². The van der Waals surface area contributed by atoms with Gasteiger partial charge >= 0.3 is 0 Å². The van der Waals surface area contributed by atoms with Crippen molar-refractivity contribution in [1.82, 2.24) is 4.90 Å². The van der Waals surface area contributed by atoms with Crippen LogP contribution in [-0.2, 0) is 12.0 Å². The number of rotatable bonds is 18. The van der Waals surface area contributed by atoms with Gasteiger partial charge in [-0.2, -0.15) is 0 Å². The third-order valence-electron chi connectivity index (χ3n) is 7.53. The number of halogens is 1. The monoisotopic (exact) mass is 644 g/mol. The van der Waals surface area contributed by atoms with Crippen LogP contribution in [0, 0.1) is 0 Å². The Balaban J connectivity index is 0.00000588. The first-order valence-electron chi connectivity index (χ1n) is 15.6.